The van der Waals surface area contributed by atoms with Gasteiger partial charge in [-0.3, -0.25) is 0 Å². The molecule has 2 rings (SSSR count). The van der Waals surface area contributed by atoms with Gasteiger partial charge in [-0.25, -0.2) is 14.8 Å². The average Bonchev–Trinajstić information content (AvgIpc) is 2.83. The Morgan fingerprint density at radius 2 is 2.41 bits per heavy atom. The van der Waals surface area contributed by atoms with E-state index in [-0.39, 0.29) is 12.1 Å². The first kappa shape index (κ1) is 11.9. The number of aromatic nitrogens is 1. The van der Waals surface area contributed by atoms with E-state index < -0.39 is 0 Å². The first-order chi connectivity index (χ1) is 8.16. The van der Waals surface area contributed by atoms with Gasteiger partial charge < -0.3 is 5.32 Å². The Balaban J connectivity index is 1.96. The highest BCUT2D eigenvalue weighted by atomic mass is 35.5. The molecule has 1 aromatic rings. The second-order valence-corrected chi connectivity index (χ2v) is 4.18. The minimum Gasteiger partial charge on any atom is -0.330 e. The maximum Gasteiger partial charge on any atom is 0.338 e. The van der Waals surface area contributed by atoms with Gasteiger partial charge in [0.15, 0.2) is 0 Å². The van der Waals surface area contributed by atoms with Crippen molar-refractivity contribution in [3.63, 3.8) is 0 Å². The molecule has 0 spiro atoms. The van der Waals surface area contributed by atoms with Gasteiger partial charge in [-0.05, 0) is 18.6 Å². The van der Waals surface area contributed by atoms with Crippen LogP contribution in [0.1, 0.15) is 24.9 Å². The fourth-order valence-electron chi connectivity index (χ4n) is 1.53. The van der Waals surface area contributed by atoms with E-state index in [2.05, 4.69) is 15.4 Å². The van der Waals surface area contributed by atoms with Crippen molar-refractivity contribution < 1.29 is 4.79 Å². The van der Waals surface area contributed by atoms with Gasteiger partial charge in [-0.2, -0.15) is 5.10 Å². The largest absolute Gasteiger partial charge is 0.338 e. The van der Waals surface area contributed by atoms with E-state index in [9.17, 15) is 4.79 Å². The average molecular weight is 253 g/mol. The number of nitrogens with one attached hydrogen (secondary N) is 1. The standard InChI is InChI=1S/C11H13ClN4O/c1-8(9-3-4-10(12)13-7-9)15-11(17)16-6-2-5-14-16/h3-5,7-8H,2,6H2,1H3,(H,15,17)/t8-/m1/s1. The lowest BCUT2D eigenvalue weighted by atomic mass is 10.1. The van der Waals surface area contributed by atoms with E-state index in [4.69, 9.17) is 11.6 Å². The van der Waals surface area contributed by atoms with Crippen LogP contribution in [0.5, 0.6) is 0 Å². The molecule has 2 heterocycles. The number of amides is 2. The number of hydrogen-bond acceptors (Lipinski definition) is 3. The minimum absolute atomic E-state index is 0.122. The van der Waals surface area contributed by atoms with E-state index in [1.54, 1.807) is 18.5 Å². The SMILES string of the molecule is C[C@@H](NC(=O)N1CCC=N1)c1ccc(Cl)nc1. The van der Waals surface area contributed by atoms with Gasteiger partial charge in [0.1, 0.15) is 5.15 Å². The van der Waals surface area contributed by atoms with Crippen molar-refractivity contribution in [3.05, 3.63) is 29.0 Å². The highest BCUT2D eigenvalue weighted by Crippen LogP contribution is 2.14. The molecular weight excluding hydrogens is 240 g/mol. The minimum atomic E-state index is -0.193. The van der Waals surface area contributed by atoms with Crippen LogP contribution in [0.15, 0.2) is 23.4 Å². The number of carbonyl (C=O) groups excluding carboxylic acids is 1. The molecule has 0 fully saturated rings. The second kappa shape index (κ2) is 5.14. The summed E-state index contributed by atoms with van der Waals surface area (Å²) in [5.41, 5.74) is 0.908. The topological polar surface area (TPSA) is 57.6 Å². The Kier molecular flexibility index (Phi) is 3.58. The zero-order chi connectivity index (χ0) is 12.3. The maximum atomic E-state index is 11.8. The smallest absolute Gasteiger partial charge is 0.330 e. The molecule has 0 aliphatic carbocycles. The van der Waals surface area contributed by atoms with Gasteiger partial charge in [-0.1, -0.05) is 17.7 Å². The lowest BCUT2D eigenvalue weighted by molar-refractivity contribution is 0.202. The van der Waals surface area contributed by atoms with E-state index in [1.165, 1.54) is 5.01 Å². The van der Waals surface area contributed by atoms with Crippen LogP contribution in [0.2, 0.25) is 5.15 Å². The Hall–Kier alpha value is -1.62. The first-order valence-corrected chi connectivity index (χ1v) is 5.76. The van der Waals surface area contributed by atoms with Gasteiger partial charge in [0.25, 0.3) is 0 Å². The lowest BCUT2D eigenvalue weighted by Crippen LogP contribution is -2.36. The van der Waals surface area contributed by atoms with Gasteiger partial charge in [-0.15, -0.1) is 0 Å². The Labute approximate surface area is 104 Å². The highest BCUT2D eigenvalue weighted by molar-refractivity contribution is 6.29. The molecule has 17 heavy (non-hydrogen) atoms. The van der Waals surface area contributed by atoms with Crippen LogP contribution in [0.3, 0.4) is 0 Å². The summed E-state index contributed by atoms with van der Waals surface area (Å²) < 4.78 is 0. The van der Waals surface area contributed by atoms with Crippen LogP contribution in [0.4, 0.5) is 4.79 Å². The van der Waals surface area contributed by atoms with Crippen LogP contribution in [-0.4, -0.2) is 28.8 Å². The van der Waals surface area contributed by atoms with Crippen molar-refractivity contribution in [3.8, 4) is 0 Å². The Morgan fingerprint density at radius 1 is 1.59 bits per heavy atom. The molecule has 2 amide bonds. The summed E-state index contributed by atoms with van der Waals surface area (Å²) in [6, 6.07) is 3.23. The molecule has 0 saturated carbocycles. The molecule has 1 aromatic heterocycles. The first-order valence-electron chi connectivity index (χ1n) is 5.39. The van der Waals surface area contributed by atoms with E-state index >= 15 is 0 Å². The van der Waals surface area contributed by atoms with E-state index in [0.717, 1.165) is 12.0 Å². The third-order valence-corrected chi connectivity index (χ3v) is 2.74. The maximum absolute atomic E-state index is 11.8. The summed E-state index contributed by atoms with van der Waals surface area (Å²) in [7, 11) is 0. The van der Waals surface area contributed by atoms with Crippen molar-refractivity contribution >= 4 is 23.8 Å². The molecule has 1 aliphatic heterocycles. The van der Waals surface area contributed by atoms with E-state index in [1.807, 2.05) is 13.0 Å². The summed E-state index contributed by atoms with van der Waals surface area (Å²) in [6.45, 7) is 2.53. The van der Waals surface area contributed by atoms with Gasteiger partial charge in [0, 0.05) is 18.8 Å². The molecule has 6 heteroatoms. The van der Waals surface area contributed by atoms with Crippen LogP contribution in [0, 0.1) is 0 Å². The summed E-state index contributed by atoms with van der Waals surface area (Å²) in [4.78, 5) is 15.7. The third kappa shape index (κ3) is 2.94. The predicted molar refractivity (Wildman–Crippen MR) is 66.0 cm³/mol. The van der Waals surface area contributed by atoms with Gasteiger partial charge >= 0.3 is 6.03 Å². The number of hydrazone groups is 1. The van der Waals surface area contributed by atoms with Crippen LogP contribution in [-0.2, 0) is 0 Å². The third-order valence-electron chi connectivity index (χ3n) is 2.52. The number of rotatable bonds is 2. The summed E-state index contributed by atoms with van der Waals surface area (Å²) in [5, 5.41) is 8.66. The van der Waals surface area contributed by atoms with Crippen LogP contribution in [0.25, 0.3) is 0 Å². The highest BCUT2D eigenvalue weighted by Gasteiger charge is 2.17. The quantitative estimate of drug-likeness (QED) is 0.821. The van der Waals surface area contributed by atoms with Crippen molar-refractivity contribution in [1.29, 1.82) is 0 Å². The van der Waals surface area contributed by atoms with Crippen LogP contribution >= 0.6 is 11.6 Å². The van der Waals surface area contributed by atoms with Crippen LogP contribution < -0.4 is 5.32 Å². The zero-order valence-corrected chi connectivity index (χ0v) is 10.2. The number of urea groups is 1. The molecule has 0 unspecified atom stereocenters. The van der Waals surface area contributed by atoms with E-state index in [0.29, 0.717) is 11.7 Å². The van der Waals surface area contributed by atoms with Crippen molar-refractivity contribution in [2.75, 3.05) is 6.54 Å². The normalized spacial score (nSPS) is 16.0. The molecule has 0 aromatic carbocycles. The number of halogens is 1. The lowest BCUT2D eigenvalue weighted by Gasteiger charge is -2.18. The molecule has 1 N–H and O–H groups in total. The molecule has 90 valence electrons. The zero-order valence-electron chi connectivity index (χ0n) is 9.43. The van der Waals surface area contributed by atoms with Gasteiger partial charge in [0.2, 0.25) is 0 Å². The molecule has 5 nitrogen and oxygen atoms in total. The molecule has 0 saturated heterocycles. The molecule has 0 radical (unpaired) electrons. The second-order valence-electron chi connectivity index (χ2n) is 3.80. The summed E-state index contributed by atoms with van der Waals surface area (Å²) in [6.07, 6.45) is 4.19. The summed E-state index contributed by atoms with van der Waals surface area (Å²) >= 11 is 5.70. The Morgan fingerprint density at radius 3 is 3.00 bits per heavy atom. The van der Waals surface area contributed by atoms with Crippen molar-refractivity contribution in [2.45, 2.75) is 19.4 Å². The molecule has 1 atom stereocenters. The Bertz CT molecular complexity index is 432. The molecule has 0 bridgehead atoms. The molecular formula is C11H13ClN4O. The van der Waals surface area contributed by atoms with Gasteiger partial charge in [0.05, 0.1) is 12.6 Å². The fraction of sp³-hybridized carbons (Fsp3) is 0.364. The number of pyridine rings is 1. The fourth-order valence-corrected chi connectivity index (χ4v) is 1.65. The van der Waals surface area contributed by atoms with Crippen molar-refractivity contribution in [2.24, 2.45) is 5.10 Å². The molecule has 1 aliphatic rings. The number of hydrogen-bond donors (Lipinski definition) is 1. The monoisotopic (exact) mass is 252 g/mol. The number of nitrogens with zero attached hydrogens (tertiary/aromatic N) is 3. The predicted octanol–water partition coefficient (Wildman–Crippen LogP) is 2.20. The van der Waals surface area contributed by atoms with Crippen molar-refractivity contribution in [1.82, 2.24) is 15.3 Å². The summed E-state index contributed by atoms with van der Waals surface area (Å²) in [5.74, 6) is 0. The number of carbonyl (C=O) groups is 1.